The highest BCUT2D eigenvalue weighted by Gasteiger charge is 2.21. The van der Waals surface area contributed by atoms with Gasteiger partial charge in [-0.15, -0.1) is 0 Å². The molecule has 1 aromatic carbocycles. The standard InChI is InChI=1S/C14H19NO3/c1-11(2)10-17-13-6-3-5-12(9-13)14(16)15-7-4-8-18-15/h3,5-6,9,11H,4,7-8,10H2,1-2H3. The largest absolute Gasteiger partial charge is 0.493 e. The summed E-state index contributed by atoms with van der Waals surface area (Å²) in [6.07, 6.45) is 0.898. The molecule has 1 aliphatic rings. The van der Waals surface area contributed by atoms with Gasteiger partial charge in [-0.05, 0) is 30.5 Å². The Morgan fingerprint density at radius 2 is 2.33 bits per heavy atom. The Hall–Kier alpha value is -1.55. The molecular weight excluding hydrogens is 230 g/mol. The molecule has 0 saturated carbocycles. The third kappa shape index (κ3) is 3.23. The minimum Gasteiger partial charge on any atom is -0.493 e. The average molecular weight is 249 g/mol. The second-order valence-corrected chi connectivity index (χ2v) is 4.83. The number of hydrogen-bond acceptors (Lipinski definition) is 3. The molecule has 4 heteroatoms. The number of hydroxylamine groups is 2. The maximum Gasteiger partial charge on any atom is 0.277 e. The van der Waals surface area contributed by atoms with Crippen molar-refractivity contribution in [3.8, 4) is 5.75 Å². The van der Waals surface area contributed by atoms with E-state index in [0.717, 1.165) is 12.2 Å². The lowest BCUT2D eigenvalue weighted by atomic mass is 10.2. The smallest absolute Gasteiger partial charge is 0.277 e. The minimum absolute atomic E-state index is 0.0949. The highest BCUT2D eigenvalue weighted by Crippen LogP contribution is 2.17. The molecule has 1 fully saturated rings. The van der Waals surface area contributed by atoms with Gasteiger partial charge in [-0.1, -0.05) is 19.9 Å². The van der Waals surface area contributed by atoms with Crippen LogP contribution in [0.3, 0.4) is 0 Å². The lowest BCUT2D eigenvalue weighted by molar-refractivity contribution is -0.0768. The summed E-state index contributed by atoms with van der Waals surface area (Å²) >= 11 is 0. The van der Waals surface area contributed by atoms with Crippen molar-refractivity contribution in [3.63, 3.8) is 0 Å². The monoisotopic (exact) mass is 249 g/mol. The predicted molar refractivity (Wildman–Crippen MR) is 68.4 cm³/mol. The van der Waals surface area contributed by atoms with E-state index in [1.165, 1.54) is 5.06 Å². The van der Waals surface area contributed by atoms with E-state index in [2.05, 4.69) is 13.8 Å². The average Bonchev–Trinajstić information content (AvgIpc) is 2.89. The first kappa shape index (κ1) is 12.9. The van der Waals surface area contributed by atoms with Crippen LogP contribution in [0.15, 0.2) is 24.3 Å². The number of carbonyl (C=O) groups is 1. The molecule has 0 unspecified atom stereocenters. The maximum absolute atomic E-state index is 12.1. The predicted octanol–water partition coefficient (Wildman–Crippen LogP) is 2.50. The van der Waals surface area contributed by atoms with Gasteiger partial charge in [-0.3, -0.25) is 9.63 Å². The Morgan fingerprint density at radius 3 is 3.00 bits per heavy atom. The Kier molecular flexibility index (Phi) is 4.20. The second kappa shape index (κ2) is 5.87. The number of hydrogen-bond donors (Lipinski definition) is 0. The summed E-state index contributed by atoms with van der Waals surface area (Å²) in [5, 5.41) is 1.42. The van der Waals surface area contributed by atoms with Gasteiger partial charge in [-0.2, -0.15) is 0 Å². The van der Waals surface area contributed by atoms with Gasteiger partial charge in [0, 0.05) is 5.56 Å². The molecule has 4 nitrogen and oxygen atoms in total. The van der Waals surface area contributed by atoms with Crippen LogP contribution in [0.2, 0.25) is 0 Å². The zero-order valence-electron chi connectivity index (χ0n) is 10.9. The Bertz CT molecular complexity index is 411. The second-order valence-electron chi connectivity index (χ2n) is 4.83. The van der Waals surface area contributed by atoms with Gasteiger partial charge < -0.3 is 4.74 Å². The van der Waals surface area contributed by atoms with Crippen molar-refractivity contribution in [2.45, 2.75) is 20.3 Å². The van der Waals surface area contributed by atoms with Crippen LogP contribution in [0.1, 0.15) is 30.6 Å². The SMILES string of the molecule is CC(C)COc1cccc(C(=O)N2CCCO2)c1. The van der Waals surface area contributed by atoms with Crippen LogP contribution in [-0.4, -0.2) is 30.7 Å². The molecule has 0 N–H and O–H groups in total. The first-order valence-corrected chi connectivity index (χ1v) is 6.34. The highest BCUT2D eigenvalue weighted by molar-refractivity contribution is 5.94. The van der Waals surface area contributed by atoms with Crippen molar-refractivity contribution in [2.24, 2.45) is 5.92 Å². The zero-order valence-corrected chi connectivity index (χ0v) is 10.9. The number of rotatable bonds is 4. The molecule has 1 amide bonds. The molecule has 98 valence electrons. The van der Waals surface area contributed by atoms with Crippen LogP contribution in [0.5, 0.6) is 5.75 Å². The summed E-state index contributed by atoms with van der Waals surface area (Å²) in [6.45, 7) is 6.11. The zero-order chi connectivity index (χ0) is 13.0. The molecule has 2 rings (SSSR count). The lowest BCUT2D eigenvalue weighted by Gasteiger charge is -2.14. The van der Waals surface area contributed by atoms with E-state index in [1.54, 1.807) is 12.1 Å². The molecule has 0 bridgehead atoms. The molecular formula is C14H19NO3. The summed E-state index contributed by atoms with van der Waals surface area (Å²) < 4.78 is 5.61. The van der Waals surface area contributed by atoms with Crippen molar-refractivity contribution < 1.29 is 14.4 Å². The highest BCUT2D eigenvalue weighted by atomic mass is 16.7. The summed E-state index contributed by atoms with van der Waals surface area (Å²) in [4.78, 5) is 17.3. The maximum atomic E-state index is 12.1. The molecule has 0 spiro atoms. The van der Waals surface area contributed by atoms with Gasteiger partial charge in [0.25, 0.3) is 5.91 Å². The Labute approximate surface area is 107 Å². The fourth-order valence-corrected chi connectivity index (χ4v) is 1.73. The number of nitrogens with zero attached hydrogens (tertiary/aromatic N) is 1. The van der Waals surface area contributed by atoms with Crippen LogP contribution >= 0.6 is 0 Å². The van der Waals surface area contributed by atoms with Crippen LogP contribution in [0.4, 0.5) is 0 Å². The van der Waals surface area contributed by atoms with Gasteiger partial charge in [0.1, 0.15) is 5.75 Å². The van der Waals surface area contributed by atoms with Crippen LogP contribution in [0, 0.1) is 5.92 Å². The van der Waals surface area contributed by atoms with Crippen molar-refractivity contribution in [2.75, 3.05) is 19.8 Å². The summed E-state index contributed by atoms with van der Waals surface area (Å²) in [5.41, 5.74) is 0.609. The molecule has 0 atom stereocenters. The Morgan fingerprint density at radius 1 is 1.50 bits per heavy atom. The summed E-state index contributed by atoms with van der Waals surface area (Å²) in [5.74, 6) is 1.10. The number of carbonyl (C=O) groups excluding carboxylic acids is 1. The number of ether oxygens (including phenoxy) is 1. The number of benzene rings is 1. The fourth-order valence-electron chi connectivity index (χ4n) is 1.73. The van der Waals surface area contributed by atoms with Crippen LogP contribution in [0.25, 0.3) is 0 Å². The van der Waals surface area contributed by atoms with Crippen molar-refractivity contribution in [3.05, 3.63) is 29.8 Å². The molecule has 1 saturated heterocycles. The molecule has 1 aromatic rings. The summed E-state index contributed by atoms with van der Waals surface area (Å²) in [6, 6.07) is 7.25. The quantitative estimate of drug-likeness (QED) is 0.823. The van der Waals surface area contributed by atoms with E-state index in [-0.39, 0.29) is 5.91 Å². The molecule has 0 radical (unpaired) electrons. The normalized spacial score (nSPS) is 15.2. The molecule has 18 heavy (non-hydrogen) atoms. The topological polar surface area (TPSA) is 38.8 Å². The van der Waals surface area contributed by atoms with Crippen molar-refractivity contribution in [1.29, 1.82) is 0 Å². The third-order valence-electron chi connectivity index (χ3n) is 2.64. The van der Waals surface area contributed by atoms with E-state index in [1.807, 2.05) is 12.1 Å². The first-order valence-electron chi connectivity index (χ1n) is 6.34. The molecule has 1 heterocycles. The van der Waals surface area contributed by atoms with Crippen molar-refractivity contribution in [1.82, 2.24) is 5.06 Å². The number of amides is 1. The van der Waals surface area contributed by atoms with Gasteiger partial charge >= 0.3 is 0 Å². The van der Waals surface area contributed by atoms with E-state index in [4.69, 9.17) is 9.57 Å². The van der Waals surface area contributed by atoms with Crippen molar-refractivity contribution >= 4 is 5.91 Å². The van der Waals surface area contributed by atoms with Crippen LogP contribution < -0.4 is 4.74 Å². The molecule has 1 aliphatic heterocycles. The molecule has 0 aliphatic carbocycles. The van der Waals surface area contributed by atoms with Gasteiger partial charge in [-0.25, -0.2) is 5.06 Å². The van der Waals surface area contributed by atoms with Crippen LogP contribution in [-0.2, 0) is 4.84 Å². The Balaban J connectivity index is 2.04. The van der Waals surface area contributed by atoms with E-state index >= 15 is 0 Å². The summed E-state index contributed by atoms with van der Waals surface area (Å²) in [7, 11) is 0. The third-order valence-corrected chi connectivity index (χ3v) is 2.64. The first-order chi connectivity index (χ1) is 8.66. The molecule has 0 aromatic heterocycles. The van der Waals surface area contributed by atoms with E-state index < -0.39 is 0 Å². The minimum atomic E-state index is -0.0949. The fraction of sp³-hybridized carbons (Fsp3) is 0.500. The van der Waals surface area contributed by atoms with Gasteiger partial charge in [0.15, 0.2) is 0 Å². The van der Waals surface area contributed by atoms with Gasteiger partial charge in [0.2, 0.25) is 0 Å². The van der Waals surface area contributed by atoms with E-state index in [9.17, 15) is 4.79 Å². The van der Waals surface area contributed by atoms with E-state index in [0.29, 0.717) is 31.2 Å². The lowest BCUT2D eigenvalue weighted by Crippen LogP contribution is -2.26. The van der Waals surface area contributed by atoms with Gasteiger partial charge in [0.05, 0.1) is 19.8 Å².